The zero-order valence-electron chi connectivity index (χ0n) is 23.0. The van der Waals surface area contributed by atoms with Gasteiger partial charge in [-0.3, -0.25) is 4.79 Å². The molecular weight excluding hydrogens is 534 g/mol. The van der Waals surface area contributed by atoms with Crippen LogP contribution in [0, 0.1) is 5.92 Å². The van der Waals surface area contributed by atoms with Gasteiger partial charge in [-0.2, -0.15) is 0 Å². The zero-order valence-corrected chi connectivity index (χ0v) is 24.6. The van der Waals surface area contributed by atoms with Crippen molar-refractivity contribution in [2.45, 2.75) is 63.2 Å². The second-order valence-electron chi connectivity index (χ2n) is 9.97. The summed E-state index contributed by atoms with van der Waals surface area (Å²) in [4.78, 5) is 25.6. The number of hydrogen-bond donors (Lipinski definition) is 2. The smallest absolute Gasteiger partial charge is 0.240 e. The molecule has 212 valence electrons. The fraction of sp³-hybridized carbons (Fsp3) is 0.536. The second kappa shape index (κ2) is 13.6. The Balaban J connectivity index is 1.46. The lowest BCUT2D eigenvalue weighted by Gasteiger charge is -2.20. The number of benzene rings is 1. The van der Waals surface area contributed by atoms with Gasteiger partial charge in [-0.05, 0) is 62.2 Å². The van der Waals surface area contributed by atoms with Crippen molar-refractivity contribution < 1.29 is 17.9 Å². The monoisotopic (exact) mass is 573 g/mol. The number of carbonyl (C=O) groups excluding carboxylic acids is 1. The first-order valence-corrected chi connectivity index (χ1v) is 16.1. The van der Waals surface area contributed by atoms with Gasteiger partial charge in [0.25, 0.3) is 0 Å². The molecule has 0 saturated heterocycles. The number of carbonyl (C=O) groups is 1. The summed E-state index contributed by atoms with van der Waals surface area (Å²) >= 11 is 1.31. The highest BCUT2D eigenvalue weighted by atomic mass is 32.2. The van der Waals surface area contributed by atoms with E-state index in [9.17, 15) is 13.2 Å². The SMILES string of the molecule is CCN(CC)CCCNS(=O)(=O)c1ccc(C(CC2CCCC2)C(=O)Nc2nc3ccc(OC)nc3s2)cc1. The van der Waals surface area contributed by atoms with Crippen LogP contribution in [0.4, 0.5) is 5.13 Å². The molecule has 39 heavy (non-hydrogen) atoms. The van der Waals surface area contributed by atoms with E-state index in [0.717, 1.165) is 50.9 Å². The maximum Gasteiger partial charge on any atom is 0.240 e. The summed E-state index contributed by atoms with van der Waals surface area (Å²) < 4.78 is 33.6. The Kier molecular flexibility index (Phi) is 10.3. The Hall–Kier alpha value is -2.60. The number of aromatic nitrogens is 2. The molecular formula is C28H39N5O4S2. The van der Waals surface area contributed by atoms with Crippen LogP contribution in [-0.4, -0.2) is 62.5 Å². The third-order valence-corrected chi connectivity index (χ3v) is 9.82. The number of ether oxygens (including phenoxy) is 1. The van der Waals surface area contributed by atoms with Crippen LogP contribution in [0.25, 0.3) is 10.3 Å². The van der Waals surface area contributed by atoms with Crippen molar-refractivity contribution in [1.29, 1.82) is 0 Å². The predicted octanol–water partition coefficient (Wildman–Crippen LogP) is 5.01. The maximum atomic E-state index is 13.5. The molecule has 0 radical (unpaired) electrons. The van der Waals surface area contributed by atoms with Crippen LogP contribution in [0.15, 0.2) is 41.3 Å². The van der Waals surface area contributed by atoms with Crippen molar-refractivity contribution in [3.63, 3.8) is 0 Å². The summed E-state index contributed by atoms with van der Waals surface area (Å²) in [6.07, 6.45) is 6.05. The molecule has 1 aromatic carbocycles. The average Bonchev–Trinajstić information content (AvgIpc) is 3.60. The van der Waals surface area contributed by atoms with E-state index in [-0.39, 0.29) is 10.8 Å². The lowest BCUT2D eigenvalue weighted by molar-refractivity contribution is -0.118. The number of pyridine rings is 1. The number of nitrogens with zero attached hydrogens (tertiary/aromatic N) is 3. The van der Waals surface area contributed by atoms with E-state index in [2.05, 4.69) is 38.8 Å². The molecule has 0 spiro atoms. The lowest BCUT2D eigenvalue weighted by atomic mass is 9.87. The fourth-order valence-corrected chi connectivity index (χ4v) is 7.05. The standard InChI is InChI=1S/C28H39N5O4S2/c1-4-33(5-2)18-8-17-29-39(35,36)22-13-11-21(12-14-22)23(19-20-9-6-7-10-20)26(34)32-28-30-24-15-16-25(37-3)31-27(24)38-28/h11-16,20,23,29H,4-10,17-19H2,1-3H3,(H,30,32,34). The first kappa shape index (κ1) is 29.4. The molecule has 11 heteroatoms. The zero-order chi connectivity index (χ0) is 27.8. The van der Waals surface area contributed by atoms with Crippen LogP contribution in [0.2, 0.25) is 0 Å². The topological polar surface area (TPSA) is 114 Å². The Bertz CT molecular complexity index is 1330. The highest BCUT2D eigenvalue weighted by Crippen LogP contribution is 2.36. The molecule has 9 nitrogen and oxygen atoms in total. The Labute approximate surface area is 235 Å². The number of hydrogen-bond acceptors (Lipinski definition) is 8. The van der Waals surface area contributed by atoms with Crippen LogP contribution in [0.5, 0.6) is 5.88 Å². The fourth-order valence-electron chi connectivity index (χ4n) is 5.15. The van der Waals surface area contributed by atoms with Crippen LogP contribution in [0.1, 0.15) is 63.9 Å². The average molecular weight is 574 g/mol. The minimum atomic E-state index is -3.62. The largest absolute Gasteiger partial charge is 0.481 e. The van der Waals surface area contributed by atoms with E-state index in [1.54, 1.807) is 37.4 Å². The van der Waals surface area contributed by atoms with Crippen molar-refractivity contribution in [2.24, 2.45) is 5.92 Å². The van der Waals surface area contributed by atoms with Gasteiger partial charge in [-0.1, -0.05) is 63.0 Å². The summed E-state index contributed by atoms with van der Waals surface area (Å²) in [7, 11) is -2.06. The number of sulfonamides is 1. The van der Waals surface area contributed by atoms with Crippen LogP contribution >= 0.6 is 11.3 Å². The van der Waals surface area contributed by atoms with Crippen LogP contribution < -0.4 is 14.8 Å². The van der Waals surface area contributed by atoms with Gasteiger partial charge in [0, 0.05) is 12.6 Å². The van der Waals surface area contributed by atoms with Crippen molar-refractivity contribution in [1.82, 2.24) is 19.6 Å². The summed E-state index contributed by atoms with van der Waals surface area (Å²) in [5, 5.41) is 3.48. The number of amides is 1. The van der Waals surface area contributed by atoms with E-state index in [0.29, 0.717) is 33.8 Å². The van der Waals surface area contributed by atoms with Crippen molar-refractivity contribution in [3.8, 4) is 5.88 Å². The Morgan fingerprint density at radius 1 is 1.10 bits per heavy atom. The molecule has 2 aromatic heterocycles. The third-order valence-electron chi connectivity index (χ3n) is 7.46. The highest BCUT2D eigenvalue weighted by molar-refractivity contribution is 7.89. The molecule has 4 rings (SSSR count). The predicted molar refractivity (Wildman–Crippen MR) is 156 cm³/mol. The molecule has 3 aromatic rings. The summed E-state index contributed by atoms with van der Waals surface area (Å²) in [5.41, 5.74) is 1.50. The van der Waals surface area contributed by atoms with Crippen molar-refractivity contribution >= 4 is 42.7 Å². The van der Waals surface area contributed by atoms with E-state index in [4.69, 9.17) is 4.74 Å². The van der Waals surface area contributed by atoms with E-state index < -0.39 is 15.9 Å². The first-order chi connectivity index (χ1) is 18.8. The van der Waals surface area contributed by atoms with Crippen LogP contribution in [-0.2, 0) is 14.8 Å². The van der Waals surface area contributed by atoms with Gasteiger partial charge in [0.15, 0.2) is 5.13 Å². The molecule has 1 aliphatic carbocycles. The summed E-state index contributed by atoms with van der Waals surface area (Å²) in [6.45, 7) is 7.34. The minimum Gasteiger partial charge on any atom is -0.481 e. The molecule has 2 N–H and O–H groups in total. The Morgan fingerprint density at radius 3 is 2.49 bits per heavy atom. The van der Waals surface area contributed by atoms with Crippen molar-refractivity contribution in [3.05, 3.63) is 42.0 Å². The minimum absolute atomic E-state index is 0.141. The summed E-state index contributed by atoms with van der Waals surface area (Å²) in [5.74, 6) is 0.425. The molecule has 1 saturated carbocycles. The molecule has 0 aliphatic heterocycles. The molecule has 1 atom stereocenters. The quantitative estimate of drug-likeness (QED) is 0.261. The normalized spacial score (nSPS) is 15.2. The number of methoxy groups -OCH3 is 1. The molecule has 0 bridgehead atoms. The molecule has 1 aliphatic rings. The number of thiazole rings is 1. The second-order valence-corrected chi connectivity index (χ2v) is 12.7. The molecule has 1 unspecified atom stereocenters. The number of fused-ring (bicyclic) bond motifs is 1. The molecule has 2 heterocycles. The van der Waals surface area contributed by atoms with E-state index in [1.165, 1.54) is 24.2 Å². The van der Waals surface area contributed by atoms with Gasteiger partial charge in [0.05, 0.1) is 17.9 Å². The van der Waals surface area contributed by atoms with Gasteiger partial charge in [-0.15, -0.1) is 0 Å². The van der Waals surface area contributed by atoms with Crippen molar-refractivity contribution in [2.75, 3.05) is 38.6 Å². The van der Waals surface area contributed by atoms with Gasteiger partial charge in [-0.25, -0.2) is 23.1 Å². The maximum absolute atomic E-state index is 13.5. The molecule has 1 amide bonds. The van der Waals surface area contributed by atoms with E-state index >= 15 is 0 Å². The highest BCUT2D eigenvalue weighted by Gasteiger charge is 2.28. The first-order valence-electron chi connectivity index (χ1n) is 13.8. The van der Waals surface area contributed by atoms with Crippen LogP contribution in [0.3, 0.4) is 0 Å². The third kappa shape index (κ3) is 7.75. The lowest BCUT2D eigenvalue weighted by Crippen LogP contribution is -2.30. The number of anilines is 1. The van der Waals surface area contributed by atoms with E-state index in [1.807, 2.05) is 6.07 Å². The van der Waals surface area contributed by atoms with Gasteiger partial charge < -0.3 is 15.0 Å². The summed E-state index contributed by atoms with van der Waals surface area (Å²) in [6, 6.07) is 10.3. The number of rotatable bonds is 14. The van der Waals surface area contributed by atoms with Gasteiger partial charge in [0.2, 0.25) is 21.8 Å². The Morgan fingerprint density at radius 2 is 1.82 bits per heavy atom. The van der Waals surface area contributed by atoms with Gasteiger partial charge >= 0.3 is 0 Å². The molecule has 1 fully saturated rings. The van der Waals surface area contributed by atoms with Gasteiger partial charge in [0.1, 0.15) is 10.3 Å². The number of nitrogens with one attached hydrogen (secondary N) is 2.